The molecule has 1 spiro atoms. The lowest BCUT2D eigenvalue weighted by molar-refractivity contribution is -0.137. The second-order valence-corrected chi connectivity index (χ2v) is 6.93. The van der Waals surface area contributed by atoms with Crippen molar-refractivity contribution in [1.82, 2.24) is 20.2 Å². The molecule has 1 unspecified atom stereocenters. The summed E-state index contributed by atoms with van der Waals surface area (Å²) in [5.74, 6) is 0.783. The van der Waals surface area contributed by atoms with Crippen LogP contribution in [0.3, 0.4) is 0 Å². The Hall–Kier alpha value is -2.21. The van der Waals surface area contributed by atoms with E-state index in [1.807, 2.05) is 30.0 Å². The molecule has 24 heavy (non-hydrogen) atoms. The Balaban J connectivity index is 1.58. The van der Waals surface area contributed by atoms with E-state index < -0.39 is 0 Å². The van der Waals surface area contributed by atoms with Gasteiger partial charge in [0.05, 0.1) is 23.4 Å². The first kappa shape index (κ1) is 15.3. The fourth-order valence-corrected chi connectivity index (χ4v) is 3.80. The van der Waals surface area contributed by atoms with Crippen LogP contribution >= 0.6 is 0 Å². The minimum Gasteiger partial charge on any atom is -0.335 e. The third-order valence-corrected chi connectivity index (χ3v) is 5.45. The molecule has 2 heterocycles. The highest BCUT2D eigenvalue weighted by Crippen LogP contribution is 2.54. The van der Waals surface area contributed by atoms with Crippen molar-refractivity contribution in [3.8, 4) is 0 Å². The van der Waals surface area contributed by atoms with Crippen molar-refractivity contribution in [1.29, 1.82) is 0 Å². The van der Waals surface area contributed by atoms with E-state index in [9.17, 15) is 9.59 Å². The van der Waals surface area contributed by atoms with Crippen LogP contribution in [-0.2, 0) is 11.3 Å². The normalized spacial score (nSPS) is 21.3. The van der Waals surface area contributed by atoms with Crippen LogP contribution in [0.1, 0.15) is 25.6 Å². The summed E-state index contributed by atoms with van der Waals surface area (Å²) in [6.45, 7) is 4.64. The van der Waals surface area contributed by atoms with Crippen LogP contribution in [0, 0.1) is 11.3 Å². The molecule has 1 aliphatic carbocycles. The van der Waals surface area contributed by atoms with E-state index in [1.165, 1.54) is 0 Å². The fourth-order valence-electron chi connectivity index (χ4n) is 3.80. The quantitative estimate of drug-likeness (QED) is 0.887. The Kier molecular flexibility index (Phi) is 3.64. The van der Waals surface area contributed by atoms with Gasteiger partial charge in [0.15, 0.2) is 0 Å². The SMILES string of the molecule is CCN(Cc1nc2ccccc2c(=O)[nH]1)C(=O)C1CNCC12CC2. The molecular weight excluding hydrogens is 304 g/mol. The fraction of sp³-hybridized carbons (Fsp3) is 0.500. The average Bonchev–Trinajstić information content (AvgIpc) is 3.23. The number of fused-ring (bicyclic) bond motifs is 1. The molecule has 6 nitrogen and oxygen atoms in total. The minimum atomic E-state index is -0.153. The molecule has 2 N–H and O–H groups in total. The maximum atomic E-state index is 13.0. The number of hydrogen-bond donors (Lipinski definition) is 2. The molecule has 1 amide bonds. The van der Waals surface area contributed by atoms with Crippen LogP contribution in [0.25, 0.3) is 10.9 Å². The van der Waals surface area contributed by atoms with E-state index >= 15 is 0 Å². The molecule has 0 bridgehead atoms. The summed E-state index contributed by atoms with van der Waals surface area (Å²) in [4.78, 5) is 34.3. The molecule has 1 aromatic heterocycles. The molecule has 6 heteroatoms. The molecule has 1 saturated carbocycles. The predicted octanol–water partition coefficient (Wildman–Crippen LogP) is 1.27. The Morgan fingerprint density at radius 3 is 2.92 bits per heavy atom. The number of para-hydroxylation sites is 1. The first-order valence-electron chi connectivity index (χ1n) is 8.60. The van der Waals surface area contributed by atoms with Crippen LogP contribution in [0.15, 0.2) is 29.1 Å². The molecular formula is C18H22N4O2. The highest BCUT2D eigenvalue weighted by atomic mass is 16.2. The van der Waals surface area contributed by atoms with E-state index in [0.29, 0.717) is 29.8 Å². The Morgan fingerprint density at radius 2 is 2.17 bits per heavy atom. The summed E-state index contributed by atoms with van der Waals surface area (Å²) < 4.78 is 0. The number of rotatable bonds is 4. The third-order valence-electron chi connectivity index (χ3n) is 5.45. The summed E-state index contributed by atoms with van der Waals surface area (Å²) in [6, 6.07) is 7.27. The zero-order chi connectivity index (χ0) is 16.7. The molecule has 1 atom stereocenters. The number of amides is 1. The molecule has 0 radical (unpaired) electrons. The molecule has 2 fully saturated rings. The van der Waals surface area contributed by atoms with E-state index in [-0.39, 0.29) is 22.8 Å². The number of hydrogen-bond acceptors (Lipinski definition) is 4. The first-order valence-corrected chi connectivity index (χ1v) is 8.60. The first-order chi connectivity index (χ1) is 11.6. The van der Waals surface area contributed by atoms with Crippen molar-refractivity contribution >= 4 is 16.8 Å². The van der Waals surface area contributed by atoms with Gasteiger partial charge in [0.1, 0.15) is 5.82 Å². The lowest BCUT2D eigenvalue weighted by atomic mass is 9.91. The predicted molar refractivity (Wildman–Crippen MR) is 91.5 cm³/mol. The van der Waals surface area contributed by atoms with Gasteiger partial charge in [0.25, 0.3) is 5.56 Å². The van der Waals surface area contributed by atoms with Crippen molar-refractivity contribution in [2.75, 3.05) is 19.6 Å². The van der Waals surface area contributed by atoms with Gasteiger partial charge < -0.3 is 15.2 Å². The van der Waals surface area contributed by atoms with Gasteiger partial charge in [0, 0.05) is 19.6 Å². The molecule has 2 aromatic rings. The zero-order valence-electron chi connectivity index (χ0n) is 13.8. The van der Waals surface area contributed by atoms with E-state index in [1.54, 1.807) is 6.07 Å². The lowest BCUT2D eigenvalue weighted by Gasteiger charge is -2.26. The molecule has 1 aromatic carbocycles. The largest absolute Gasteiger partial charge is 0.335 e. The maximum absolute atomic E-state index is 13.0. The molecule has 126 valence electrons. The summed E-state index contributed by atoms with van der Waals surface area (Å²) in [6.07, 6.45) is 2.28. The number of nitrogens with zero attached hydrogens (tertiary/aromatic N) is 2. The van der Waals surface area contributed by atoms with E-state index in [0.717, 1.165) is 25.9 Å². The maximum Gasteiger partial charge on any atom is 0.258 e. The summed E-state index contributed by atoms with van der Waals surface area (Å²) in [5.41, 5.74) is 0.704. The lowest BCUT2D eigenvalue weighted by Crippen LogP contribution is -2.40. The van der Waals surface area contributed by atoms with Gasteiger partial charge in [-0.2, -0.15) is 0 Å². The van der Waals surface area contributed by atoms with Crippen LogP contribution in [0.4, 0.5) is 0 Å². The van der Waals surface area contributed by atoms with Crippen molar-refractivity contribution < 1.29 is 4.79 Å². The van der Waals surface area contributed by atoms with Gasteiger partial charge in [0.2, 0.25) is 5.91 Å². The standard InChI is InChI=1S/C18H22N4O2/c1-2-22(17(24)13-9-19-11-18(13)7-8-18)10-15-20-14-6-4-3-5-12(14)16(23)21-15/h3-6,13,19H,2,7-11H2,1H3,(H,20,21,23). The molecule has 4 rings (SSSR count). The topological polar surface area (TPSA) is 78.1 Å². The number of aromatic amines is 1. The van der Waals surface area contributed by atoms with Crippen molar-refractivity contribution in [2.24, 2.45) is 11.3 Å². The van der Waals surface area contributed by atoms with Gasteiger partial charge in [-0.25, -0.2) is 4.98 Å². The number of benzene rings is 1. The van der Waals surface area contributed by atoms with Crippen LogP contribution in [0.2, 0.25) is 0 Å². The molecule has 2 aliphatic rings. The van der Waals surface area contributed by atoms with Gasteiger partial charge in [-0.3, -0.25) is 9.59 Å². The smallest absolute Gasteiger partial charge is 0.258 e. The van der Waals surface area contributed by atoms with Crippen molar-refractivity contribution in [2.45, 2.75) is 26.3 Å². The Labute approximate surface area is 140 Å². The van der Waals surface area contributed by atoms with Crippen molar-refractivity contribution in [3.63, 3.8) is 0 Å². The molecule has 1 saturated heterocycles. The summed E-state index contributed by atoms with van der Waals surface area (Å²) in [7, 11) is 0. The number of nitrogens with one attached hydrogen (secondary N) is 2. The van der Waals surface area contributed by atoms with Crippen LogP contribution < -0.4 is 10.9 Å². The minimum absolute atomic E-state index is 0.0598. The summed E-state index contributed by atoms with van der Waals surface area (Å²) >= 11 is 0. The second kappa shape index (κ2) is 5.70. The summed E-state index contributed by atoms with van der Waals surface area (Å²) in [5, 5.41) is 3.94. The highest BCUT2D eigenvalue weighted by molar-refractivity contribution is 5.81. The number of carbonyl (C=O) groups is 1. The second-order valence-electron chi connectivity index (χ2n) is 6.93. The van der Waals surface area contributed by atoms with E-state index in [4.69, 9.17) is 0 Å². The van der Waals surface area contributed by atoms with E-state index in [2.05, 4.69) is 15.3 Å². The van der Waals surface area contributed by atoms with Gasteiger partial charge in [-0.05, 0) is 37.3 Å². The van der Waals surface area contributed by atoms with Gasteiger partial charge in [-0.15, -0.1) is 0 Å². The highest BCUT2D eigenvalue weighted by Gasteiger charge is 2.55. The Morgan fingerprint density at radius 1 is 1.38 bits per heavy atom. The number of carbonyl (C=O) groups excluding carboxylic acids is 1. The van der Waals surface area contributed by atoms with Gasteiger partial charge in [-0.1, -0.05) is 12.1 Å². The monoisotopic (exact) mass is 326 g/mol. The molecule has 1 aliphatic heterocycles. The number of aromatic nitrogens is 2. The Bertz CT molecular complexity index is 840. The van der Waals surface area contributed by atoms with Gasteiger partial charge >= 0.3 is 0 Å². The van der Waals surface area contributed by atoms with Crippen LogP contribution in [0.5, 0.6) is 0 Å². The van der Waals surface area contributed by atoms with Crippen molar-refractivity contribution in [3.05, 3.63) is 40.4 Å². The van der Waals surface area contributed by atoms with Crippen LogP contribution in [-0.4, -0.2) is 40.4 Å². The third kappa shape index (κ3) is 2.51. The zero-order valence-corrected chi connectivity index (χ0v) is 13.8. The average molecular weight is 326 g/mol. The number of H-pyrrole nitrogens is 1.